The van der Waals surface area contributed by atoms with Crippen molar-refractivity contribution in [2.45, 2.75) is 6.54 Å². The zero-order valence-corrected chi connectivity index (χ0v) is 12.9. The number of carbonyl (C=O) groups excluding carboxylic acids is 1. The summed E-state index contributed by atoms with van der Waals surface area (Å²) < 4.78 is 0. The number of piperazine rings is 1. The number of hydrogen-bond donors (Lipinski definition) is 2. The maximum Gasteiger partial charge on any atom is 0.254 e. The van der Waals surface area contributed by atoms with Gasteiger partial charge in [0.15, 0.2) is 0 Å². The van der Waals surface area contributed by atoms with Gasteiger partial charge in [0.05, 0.1) is 5.69 Å². The summed E-state index contributed by atoms with van der Waals surface area (Å²) in [6, 6.07) is 10.6. The smallest absolute Gasteiger partial charge is 0.254 e. The van der Waals surface area contributed by atoms with Gasteiger partial charge < -0.3 is 20.6 Å². The van der Waals surface area contributed by atoms with Gasteiger partial charge in [-0.15, -0.1) is 0 Å². The van der Waals surface area contributed by atoms with Crippen molar-refractivity contribution in [1.82, 2.24) is 9.88 Å². The summed E-state index contributed by atoms with van der Waals surface area (Å²) in [5.41, 5.74) is 8.00. The van der Waals surface area contributed by atoms with Gasteiger partial charge in [0, 0.05) is 50.2 Å². The van der Waals surface area contributed by atoms with E-state index in [1.807, 2.05) is 17.0 Å². The Bertz CT molecular complexity index is 679. The Kier molecular flexibility index (Phi) is 4.43. The Morgan fingerprint density at radius 1 is 1.13 bits per heavy atom. The number of amides is 1. The normalized spacial score (nSPS) is 14.8. The summed E-state index contributed by atoms with van der Waals surface area (Å²) >= 11 is 0. The molecule has 1 amide bonds. The highest BCUT2D eigenvalue weighted by molar-refractivity contribution is 5.94. The quantitative estimate of drug-likeness (QED) is 0.890. The molecule has 0 aliphatic carbocycles. The SMILES string of the molecule is NCc1cc(C(=O)N2CCN(c3ccc(O)cc3)CC2)ccn1. The van der Waals surface area contributed by atoms with E-state index in [9.17, 15) is 9.90 Å². The number of hydrogen-bond acceptors (Lipinski definition) is 5. The first-order chi connectivity index (χ1) is 11.2. The standard InChI is InChI=1S/C17H20N4O2/c18-12-14-11-13(5-6-19-14)17(23)21-9-7-20(8-10-21)15-1-3-16(22)4-2-15/h1-6,11,22H,7-10,12,18H2. The van der Waals surface area contributed by atoms with Gasteiger partial charge in [0.2, 0.25) is 0 Å². The number of phenolic OH excluding ortho intramolecular Hbond substituents is 1. The summed E-state index contributed by atoms with van der Waals surface area (Å²) in [5.74, 6) is 0.281. The van der Waals surface area contributed by atoms with Crippen molar-refractivity contribution in [2.75, 3.05) is 31.1 Å². The number of pyridine rings is 1. The van der Waals surface area contributed by atoms with E-state index < -0.39 is 0 Å². The lowest BCUT2D eigenvalue weighted by Crippen LogP contribution is -2.48. The molecule has 0 atom stereocenters. The molecule has 2 heterocycles. The Hall–Kier alpha value is -2.60. The molecule has 0 unspecified atom stereocenters. The number of nitrogens with two attached hydrogens (primary N) is 1. The van der Waals surface area contributed by atoms with E-state index in [2.05, 4.69) is 9.88 Å². The fourth-order valence-corrected chi connectivity index (χ4v) is 2.74. The summed E-state index contributed by atoms with van der Waals surface area (Å²) in [5, 5.41) is 9.35. The van der Waals surface area contributed by atoms with Crippen LogP contribution in [0.4, 0.5) is 5.69 Å². The van der Waals surface area contributed by atoms with Gasteiger partial charge in [-0.3, -0.25) is 9.78 Å². The minimum Gasteiger partial charge on any atom is -0.508 e. The van der Waals surface area contributed by atoms with Crippen LogP contribution < -0.4 is 10.6 Å². The molecule has 6 nitrogen and oxygen atoms in total. The van der Waals surface area contributed by atoms with Crippen molar-refractivity contribution < 1.29 is 9.90 Å². The molecule has 1 aliphatic rings. The van der Waals surface area contributed by atoms with Gasteiger partial charge >= 0.3 is 0 Å². The van der Waals surface area contributed by atoms with Crippen LogP contribution in [0.1, 0.15) is 16.1 Å². The Morgan fingerprint density at radius 2 is 1.83 bits per heavy atom. The highest BCUT2D eigenvalue weighted by Gasteiger charge is 2.22. The topological polar surface area (TPSA) is 82.7 Å². The molecule has 23 heavy (non-hydrogen) atoms. The lowest BCUT2D eigenvalue weighted by molar-refractivity contribution is 0.0746. The molecule has 1 saturated heterocycles. The van der Waals surface area contributed by atoms with Crippen LogP contribution in [0, 0.1) is 0 Å². The van der Waals surface area contributed by atoms with Gasteiger partial charge in [-0.05, 0) is 36.4 Å². The van der Waals surface area contributed by atoms with Crippen LogP contribution in [0.2, 0.25) is 0 Å². The highest BCUT2D eigenvalue weighted by Crippen LogP contribution is 2.20. The number of benzene rings is 1. The van der Waals surface area contributed by atoms with Gasteiger partial charge in [-0.1, -0.05) is 0 Å². The molecular formula is C17H20N4O2. The van der Waals surface area contributed by atoms with Crippen LogP contribution in [-0.4, -0.2) is 47.1 Å². The van der Waals surface area contributed by atoms with E-state index in [1.165, 1.54) is 0 Å². The van der Waals surface area contributed by atoms with E-state index >= 15 is 0 Å². The maximum atomic E-state index is 12.6. The summed E-state index contributed by atoms with van der Waals surface area (Å²) in [6.07, 6.45) is 1.63. The van der Waals surface area contributed by atoms with Crippen molar-refractivity contribution in [3.8, 4) is 5.75 Å². The number of aromatic nitrogens is 1. The second kappa shape index (κ2) is 6.66. The van der Waals surface area contributed by atoms with Gasteiger partial charge in [-0.25, -0.2) is 0 Å². The third-order valence-corrected chi connectivity index (χ3v) is 4.05. The molecule has 0 bridgehead atoms. The third kappa shape index (κ3) is 3.43. The second-order valence-electron chi connectivity index (χ2n) is 5.54. The number of phenols is 1. The Morgan fingerprint density at radius 3 is 2.48 bits per heavy atom. The van der Waals surface area contributed by atoms with Crippen molar-refractivity contribution in [3.63, 3.8) is 0 Å². The van der Waals surface area contributed by atoms with Gasteiger partial charge in [0.25, 0.3) is 5.91 Å². The van der Waals surface area contributed by atoms with Crippen LogP contribution in [0.15, 0.2) is 42.6 Å². The lowest BCUT2D eigenvalue weighted by Gasteiger charge is -2.36. The van der Waals surface area contributed by atoms with Crippen LogP contribution in [0.3, 0.4) is 0 Å². The molecule has 1 fully saturated rings. The summed E-state index contributed by atoms with van der Waals surface area (Å²) in [7, 11) is 0. The monoisotopic (exact) mass is 312 g/mol. The van der Waals surface area contributed by atoms with Crippen LogP contribution in [-0.2, 0) is 6.54 Å². The molecule has 0 saturated carbocycles. The lowest BCUT2D eigenvalue weighted by atomic mass is 10.1. The van der Waals surface area contributed by atoms with E-state index in [0.29, 0.717) is 25.2 Å². The minimum absolute atomic E-state index is 0.0208. The molecule has 1 aliphatic heterocycles. The molecule has 3 rings (SSSR count). The first-order valence-electron chi connectivity index (χ1n) is 7.65. The van der Waals surface area contributed by atoms with E-state index in [1.54, 1.807) is 30.5 Å². The fourth-order valence-electron chi connectivity index (χ4n) is 2.74. The average molecular weight is 312 g/mol. The van der Waals surface area contributed by atoms with Crippen molar-refractivity contribution >= 4 is 11.6 Å². The molecule has 0 radical (unpaired) electrons. The molecule has 2 aromatic rings. The highest BCUT2D eigenvalue weighted by atomic mass is 16.3. The van der Waals surface area contributed by atoms with E-state index in [4.69, 9.17) is 5.73 Å². The van der Waals surface area contributed by atoms with E-state index in [0.717, 1.165) is 24.5 Å². The molecule has 120 valence electrons. The molecule has 1 aromatic heterocycles. The van der Waals surface area contributed by atoms with Crippen LogP contribution >= 0.6 is 0 Å². The van der Waals surface area contributed by atoms with E-state index in [-0.39, 0.29) is 11.7 Å². The molecular weight excluding hydrogens is 292 g/mol. The number of aromatic hydroxyl groups is 1. The zero-order valence-electron chi connectivity index (χ0n) is 12.9. The predicted molar refractivity (Wildman–Crippen MR) is 88.4 cm³/mol. The van der Waals surface area contributed by atoms with Gasteiger partial charge in [0.1, 0.15) is 5.75 Å². The zero-order chi connectivity index (χ0) is 16.2. The van der Waals surface area contributed by atoms with Crippen LogP contribution in [0.5, 0.6) is 5.75 Å². The Balaban J connectivity index is 1.64. The molecule has 6 heteroatoms. The van der Waals surface area contributed by atoms with Gasteiger partial charge in [-0.2, -0.15) is 0 Å². The number of anilines is 1. The number of rotatable bonds is 3. The molecule has 3 N–H and O–H groups in total. The van der Waals surface area contributed by atoms with Crippen molar-refractivity contribution in [3.05, 3.63) is 53.9 Å². The number of carbonyl (C=O) groups is 1. The third-order valence-electron chi connectivity index (χ3n) is 4.05. The minimum atomic E-state index is 0.0208. The average Bonchev–Trinajstić information content (AvgIpc) is 2.62. The number of nitrogens with zero attached hydrogens (tertiary/aromatic N) is 3. The molecule has 0 spiro atoms. The summed E-state index contributed by atoms with van der Waals surface area (Å²) in [6.45, 7) is 3.20. The summed E-state index contributed by atoms with van der Waals surface area (Å²) in [4.78, 5) is 20.7. The first kappa shape index (κ1) is 15.3. The Labute approximate surface area is 135 Å². The molecule has 1 aromatic carbocycles. The fraction of sp³-hybridized carbons (Fsp3) is 0.294. The first-order valence-corrected chi connectivity index (χ1v) is 7.65. The largest absolute Gasteiger partial charge is 0.508 e. The maximum absolute atomic E-state index is 12.6. The predicted octanol–water partition coefficient (Wildman–Crippen LogP) is 1.21. The second-order valence-corrected chi connectivity index (χ2v) is 5.54. The van der Waals surface area contributed by atoms with Crippen molar-refractivity contribution in [2.24, 2.45) is 5.73 Å². The van der Waals surface area contributed by atoms with Crippen LogP contribution in [0.25, 0.3) is 0 Å². The van der Waals surface area contributed by atoms with Crippen molar-refractivity contribution in [1.29, 1.82) is 0 Å².